The summed E-state index contributed by atoms with van der Waals surface area (Å²) < 4.78 is 0.982. The molecule has 0 N–H and O–H groups in total. The lowest BCUT2D eigenvalue weighted by Crippen LogP contribution is -2.36. The van der Waals surface area contributed by atoms with Crippen LogP contribution in [0.1, 0.15) is 39.0 Å². The fraction of sp³-hybridized carbons (Fsp3) is 0.500. The van der Waals surface area contributed by atoms with Crippen LogP contribution in [-0.4, -0.2) is 22.6 Å². The van der Waals surface area contributed by atoms with E-state index in [1.54, 1.807) is 0 Å². The molecule has 2 aromatic heterocycles. The minimum absolute atomic E-state index is 0.657. The molecule has 0 atom stereocenters. The normalized spacial score (nSPS) is 16.5. The molecule has 0 radical (unpaired) electrons. The Morgan fingerprint density at radius 1 is 1.25 bits per heavy atom. The summed E-state index contributed by atoms with van der Waals surface area (Å²) in [5.74, 6) is 0. The van der Waals surface area contributed by atoms with Gasteiger partial charge in [0.25, 0.3) is 0 Å². The van der Waals surface area contributed by atoms with Crippen LogP contribution in [-0.2, 0) is 0 Å². The second-order valence-corrected chi connectivity index (χ2v) is 6.34. The summed E-state index contributed by atoms with van der Waals surface area (Å²) in [7, 11) is 0. The topological polar surface area (TPSA) is 29.0 Å². The monoisotopic (exact) mass is 333 g/mol. The molecule has 3 rings (SSSR count). The van der Waals surface area contributed by atoms with Gasteiger partial charge in [-0.05, 0) is 47.8 Å². The Morgan fingerprint density at radius 3 is 2.80 bits per heavy atom. The van der Waals surface area contributed by atoms with Crippen molar-refractivity contribution in [2.75, 3.05) is 11.4 Å². The van der Waals surface area contributed by atoms with Gasteiger partial charge in [-0.15, -0.1) is 0 Å². The molecule has 1 saturated carbocycles. The second-order valence-electron chi connectivity index (χ2n) is 5.43. The lowest BCUT2D eigenvalue weighted by molar-refractivity contribution is 0.418. The molecule has 0 bridgehead atoms. The molecule has 1 aliphatic carbocycles. The van der Waals surface area contributed by atoms with Crippen molar-refractivity contribution >= 4 is 32.7 Å². The fourth-order valence-corrected chi connectivity index (χ4v) is 3.56. The molecular weight excluding hydrogens is 314 g/mol. The van der Waals surface area contributed by atoms with Crippen molar-refractivity contribution in [1.82, 2.24) is 9.97 Å². The van der Waals surface area contributed by atoms with E-state index in [-0.39, 0.29) is 0 Å². The van der Waals surface area contributed by atoms with Crippen LogP contribution in [0, 0.1) is 0 Å². The van der Waals surface area contributed by atoms with Crippen LogP contribution in [0.15, 0.2) is 29.0 Å². The Labute approximate surface area is 128 Å². The molecule has 0 aliphatic heterocycles. The lowest BCUT2D eigenvalue weighted by atomic mass is 9.93. The van der Waals surface area contributed by atoms with Crippen LogP contribution in [0.3, 0.4) is 0 Å². The van der Waals surface area contributed by atoms with Gasteiger partial charge < -0.3 is 4.90 Å². The van der Waals surface area contributed by atoms with Crippen LogP contribution in [0.25, 0.3) is 11.0 Å². The zero-order valence-corrected chi connectivity index (χ0v) is 13.4. The highest BCUT2D eigenvalue weighted by atomic mass is 79.9. The second kappa shape index (κ2) is 6.08. The predicted molar refractivity (Wildman–Crippen MR) is 87.1 cm³/mol. The van der Waals surface area contributed by atoms with Gasteiger partial charge in [-0.3, -0.25) is 9.97 Å². The maximum atomic E-state index is 4.59. The molecule has 1 fully saturated rings. The van der Waals surface area contributed by atoms with Crippen molar-refractivity contribution in [1.29, 1.82) is 0 Å². The number of rotatable bonds is 3. The van der Waals surface area contributed by atoms with Gasteiger partial charge in [0, 0.05) is 29.5 Å². The molecule has 106 valence electrons. The first-order valence-corrected chi connectivity index (χ1v) is 8.26. The number of halogens is 1. The number of hydrogen-bond donors (Lipinski definition) is 0. The largest absolute Gasteiger partial charge is 0.367 e. The Bertz CT molecular complexity index is 593. The number of hydrogen-bond acceptors (Lipinski definition) is 3. The van der Waals surface area contributed by atoms with Gasteiger partial charge in [-0.25, -0.2) is 0 Å². The quantitative estimate of drug-likeness (QED) is 0.824. The van der Waals surface area contributed by atoms with Gasteiger partial charge >= 0.3 is 0 Å². The molecular formula is C16H20BrN3. The van der Waals surface area contributed by atoms with E-state index in [9.17, 15) is 0 Å². The zero-order valence-electron chi connectivity index (χ0n) is 11.8. The van der Waals surface area contributed by atoms with Crippen LogP contribution >= 0.6 is 15.9 Å². The molecule has 4 heteroatoms. The van der Waals surface area contributed by atoms with Gasteiger partial charge in [0.1, 0.15) is 5.52 Å². The average molecular weight is 334 g/mol. The maximum absolute atomic E-state index is 4.59. The van der Waals surface area contributed by atoms with E-state index in [0.717, 1.165) is 22.1 Å². The third-order valence-corrected chi connectivity index (χ3v) is 4.62. The summed E-state index contributed by atoms with van der Waals surface area (Å²) in [4.78, 5) is 11.6. The van der Waals surface area contributed by atoms with Gasteiger partial charge in [-0.1, -0.05) is 19.3 Å². The minimum atomic E-state index is 0.657. The third kappa shape index (κ3) is 2.66. The number of anilines is 1. The molecule has 0 saturated heterocycles. The summed E-state index contributed by atoms with van der Waals surface area (Å²) >= 11 is 3.47. The molecule has 1 aliphatic rings. The van der Waals surface area contributed by atoms with Crippen molar-refractivity contribution in [2.24, 2.45) is 0 Å². The SMILES string of the molecule is CCN(c1ccnc2cc(Br)cnc12)C1CCCCC1. The Balaban J connectivity index is 2.02. The van der Waals surface area contributed by atoms with E-state index in [1.165, 1.54) is 37.8 Å². The first kappa shape index (κ1) is 13.8. The van der Waals surface area contributed by atoms with E-state index in [4.69, 9.17) is 0 Å². The fourth-order valence-electron chi connectivity index (χ4n) is 3.24. The van der Waals surface area contributed by atoms with E-state index >= 15 is 0 Å². The van der Waals surface area contributed by atoms with Crippen molar-refractivity contribution in [2.45, 2.75) is 45.1 Å². The summed E-state index contributed by atoms with van der Waals surface area (Å²) in [5.41, 5.74) is 3.21. The number of nitrogens with zero attached hydrogens (tertiary/aromatic N) is 3. The van der Waals surface area contributed by atoms with Crippen molar-refractivity contribution in [3.05, 3.63) is 29.0 Å². The standard InChI is InChI=1S/C16H20BrN3/c1-2-20(13-6-4-3-5-7-13)15-8-9-18-14-10-12(17)11-19-16(14)15/h8-11,13H,2-7H2,1H3. The van der Waals surface area contributed by atoms with Gasteiger partial charge in [0.2, 0.25) is 0 Å². The van der Waals surface area contributed by atoms with E-state index in [1.807, 2.05) is 18.5 Å². The summed E-state index contributed by atoms with van der Waals surface area (Å²) in [6.45, 7) is 3.27. The number of pyridine rings is 2. The molecule has 3 nitrogen and oxygen atoms in total. The van der Waals surface area contributed by atoms with Gasteiger partial charge in [-0.2, -0.15) is 0 Å². The van der Waals surface area contributed by atoms with Crippen LogP contribution in [0.5, 0.6) is 0 Å². The van der Waals surface area contributed by atoms with Crippen LogP contribution in [0.2, 0.25) is 0 Å². The number of aromatic nitrogens is 2. The zero-order chi connectivity index (χ0) is 13.9. The highest BCUT2D eigenvalue weighted by Gasteiger charge is 2.22. The van der Waals surface area contributed by atoms with Gasteiger partial charge in [0.05, 0.1) is 11.2 Å². The van der Waals surface area contributed by atoms with E-state index < -0.39 is 0 Å². The molecule has 0 amide bonds. The van der Waals surface area contributed by atoms with Crippen molar-refractivity contribution in [3.63, 3.8) is 0 Å². The first-order chi connectivity index (χ1) is 9.79. The van der Waals surface area contributed by atoms with Gasteiger partial charge in [0.15, 0.2) is 0 Å². The molecule has 2 heterocycles. The van der Waals surface area contributed by atoms with E-state index in [0.29, 0.717) is 6.04 Å². The highest BCUT2D eigenvalue weighted by Crippen LogP contribution is 2.31. The molecule has 0 unspecified atom stereocenters. The Morgan fingerprint density at radius 2 is 2.05 bits per heavy atom. The maximum Gasteiger partial charge on any atom is 0.112 e. The Kier molecular flexibility index (Phi) is 4.20. The minimum Gasteiger partial charge on any atom is -0.367 e. The van der Waals surface area contributed by atoms with Crippen molar-refractivity contribution < 1.29 is 0 Å². The van der Waals surface area contributed by atoms with E-state index in [2.05, 4.69) is 43.8 Å². The van der Waals surface area contributed by atoms with Crippen LogP contribution in [0.4, 0.5) is 5.69 Å². The predicted octanol–water partition coefficient (Wildman–Crippen LogP) is 4.55. The number of fused-ring (bicyclic) bond motifs is 1. The smallest absolute Gasteiger partial charge is 0.112 e. The first-order valence-electron chi connectivity index (χ1n) is 7.46. The lowest BCUT2D eigenvalue weighted by Gasteiger charge is -2.35. The summed E-state index contributed by atoms with van der Waals surface area (Å²) in [6.07, 6.45) is 10.4. The molecule has 0 spiro atoms. The Hall–Kier alpha value is -1.16. The molecule has 2 aromatic rings. The highest BCUT2D eigenvalue weighted by molar-refractivity contribution is 9.10. The summed E-state index contributed by atoms with van der Waals surface area (Å²) in [6, 6.07) is 4.81. The van der Waals surface area contributed by atoms with Crippen molar-refractivity contribution in [3.8, 4) is 0 Å². The average Bonchev–Trinajstić information content (AvgIpc) is 2.49. The van der Waals surface area contributed by atoms with Crippen LogP contribution < -0.4 is 4.90 Å². The molecule has 0 aromatic carbocycles. The third-order valence-electron chi connectivity index (χ3n) is 4.19. The molecule has 20 heavy (non-hydrogen) atoms. The summed E-state index contributed by atoms with van der Waals surface area (Å²) in [5, 5.41) is 0.